The van der Waals surface area contributed by atoms with E-state index in [1.165, 1.54) is 6.33 Å². The van der Waals surface area contributed by atoms with E-state index in [1.54, 1.807) is 0 Å². The van der Waals surface area contributed by atoms with E-state index in [9.17, 15) is 4.79 Å². The standard InChI is InChI=1S/C12H17BrN4O/c1-2-9-8-4-14-3-7(8)5-17(9)11-10(13)12(18)16-6-15-11/h6-9,14H,2-5H2,1H3,(H,15,16,18). The molecule has 2 aliphatic rings. The van der Waals surface area contributed by atoms with Crippen molar-refractivity contribution in [2.75, 3.05) is 24.5 Å². The fourth-order valence-electron chi connectivity index (χ4n) is 3.36. The summed E-state index contributed by atoms with van der Waals surface area (Å²) in [4.78, 5) is 20.9. The van der Waals surface area contributed by atoms with Crippen molar-refractivity contribution in [3.63, 3.8) is 0 Å². The predicted molar refractivity (Wildman–Crippen MR) is 73.8 cm³/mol. The lowest BCUT2D eigenvalue weighted by Gasteiger charge is -2.28. The van der Waals surface area contributed by atoms with Crippen molar-refractivity contribution in [3.05, 3.63) is 21.2 Å². The van der Waals surface area contributed by atoms with Gasteiger partial charge < -0.3 is 15.2 Å². The number of fused-ring (bicyclic) bond motifs is 1. The van der Waals surface area contributed by atoms with Crippen LogP contribution >= 0.6 is 15.9 Å². The first-order chi connectivity index (χ1) is 8.72. The molecule has 1 aromatic rings. The molecule has 0 spiro atoms. The van der Waals surface area contributed by atoms with Gasteiger partial charge in [-0.25, -0.2) is 4.98 Å². The number of anilines is 1. The van der Waals surface area contributed by atoms with Gasteiger partial charge in [0.25, 0.3) is 5.56 Å². The van der Waals surface area contributed by atoms with Gasteiger partial charge in [0.05, 0.1) is 6.33 Å². The van der Waals surface area contributed by atoms with Gasteiger partial charge in [0.15, 0.2) is 5.82 Å². The second-order valence-electron chi connectivity index (χ2n) is 5.08. The third-order valence-electron chi connectivity index (χ3n) is 4.19. The zero-order valence-corrected chi connectivity index (χ0v) is 11.9. The van der Waals surface area contributed by atoms with Crippen LogP contribution in [-0.4, -0.2) is 35.6 Å². The molecule has 1 aromatic heterocycles. The summed E-state index contributed by atoms with van der Waals surface area (Å²) in [5.41, 5.74) is -0.106. The molecule has 98 valence electrons. The number of aromatic nitrogens is 2. The Kier molecular flexibility index (Phi) is 3.15. The minimum atomic E-state index is -0.106. The molecule has 0 amide bonds. The third-order valence-corrected chi connectivity index (χ3v) is 4.90. The van der Waals surface area contributed by atoms with Crippen LogP contribution in [0.3, 0.4) is 0 Å². The van der Waals surface area contributed by atoms with Crippen molar-refractivity contribution >= 4 is 21.7 Å². The second kappa shape index (κ2) is 4.66. The van der Waals surface area contributed by atoms with Gasteiger partial charge in [-0.2, -0.15) is 0 Å². The molecule has 0 radical (unpaired) electrons. The van der Waals surface area contributed by atoms with Crippen LogP contribution in [0.15, 0.2) is 15.6 Å². The molecule has 18 heavy (non-hydrogen) atoms. The Morgan fingerprint density at radius 1 is 1.56 bits per heavy atom. The molecule has 0 aliphatic carbocycles. The van der Waals surface area contributed by atoms with E-state index in [-0.39, 0.29) is 5.56 Å². The van der Waals surface area contributed by atoms with Crippen LogP contribution in [-0.2, 0) is 0 Å². The van der Waals surface area contributed by atoms with Crippen molar-refractivity contribution in [2.45, 2.75) is 19.4 Å². The number of nitrogens with zero attached hydrogens (tertiary/aromatic N) is 2. The van der Waals surface area contributed by atoms with E-state index in [4.69, 9.17) is 0 Å². The SMILES string of the molecule is CCC1C2CNCC2CN1c1nc[nH]c(=O)c1Br. The lowest BCUT2D eigenvalue weighted by atomic mass is 9.93. The quantitative estimate of drug-likeness (QED) is 0.854. The maximum absolute atomic E-state index is 11.7. The van der Waals surface area contributed by atoms with Gasteiger partial charge in [0.1, 0.15) is 4.47 Å². The molecular weight excluding hydrogens is 296 g/mol. The van der Waals surface area contributed by atoms with Gasteiger partial charge in [-0.1, -0.05) is 6.92 Å². The highest BCUT2D eigenvalue weighted by molar-refractivity contribution is 9.10. The summed E-state index contributed by atoms with van der Waals surface area (Å²) in [6.07, 6.45) is 2.57. The normalized spacial score (nSPS) is 30.8. The average molecular weight is 313 g/mol. The first kappa shape index (κ1) is 12.2. The summed E-state index contributed by atoms with van der Waals surface area (Å²) in [5.74, 6) is 2.16. The number of H-pyrrole nitrogens is 1. The Hall–Kier alpha value is -0.880. The Morgan fingerprint density at radius 3 is 3.17 bits per heavy atom. The summed E-state index contributed by atoms with van der Waals surface area (Å²) in [6.45, 7) is 5.36. The molecule has 0 bridgehead atoms. The summed E-state index contributed by atoms with van der Waals surface area (Å²) < 4.78 is 0.552. The largest absolute Gasteiger partial charge is 0.352 e. The van der Waals surface area contributed by atoms with Crippen LogP contribution < -0.4 is 15.8 Å². The predicted octanol–water partition coefficient (Wildman–Crippen LogP) is 0.967. The monoisotopic (exact) mass is 312 g/mol. The fourth-order valence-corrected chi connectivity index (χ4v) is 3.81. The van der Waals surface area contributed by atoms with Crippen LogP contribution in [0.4, 0.5) is 5.82 Å². The topological polar surface area (TPSA) is 61.0 Å². The molecule has 5 nitrogen and oxygen atoms in total. The first-order valence-corrected chi connectivity index (χ1v) is 7.22. The lowest BCUT2D eigenvalue weighted by molar-refractivity contribution is 0.441. The van der Waals surface area contributed by atoms with Crippen LogP contribution in [0.2, 0.25) is 0 Å². The van der Waals surface area contributed by atoms with E-state index in [0.717, 1.165) is 31.9 Å². The molecule has 0 saturated carbocycles. The summed E-state index contributed by atoms with van der Waals surface area (Å²) in [5, 5.41) is 3.46. The van der Waals surface area contributed by atoms with Gasteiger partial charge in [-0.3, -0.25) is 4.79 Å². The molecule has 3 unspecified atom stereocenters. The van der Waals surface area contributed by atoms with E-state index < -0.39 is 0 Å². The Balaban J connectivity index is 1.97. The van der Waals surface area contributed by atoms with Crippen molar-refractivity contribution in [1.82, 2.24) is 15.3 Å². The highest BCUT2D eigenvalue weighted by Crippen LogP contribution is 2.38. The smallest absolute Gasteiger partial charge is 0.267 e. The fraction of sp³-hybridized carbons (Fsp3) is 0.667. The lowest BCUT2D eigenvalue weighted by Crippen LogP contribution is -2.36. The van der Waals surface area contributed by atoms with Crippen molar-refractivity contribution in [2.24, 2.45) is 11.8 Å². The molecule has 3 heterocycles. The number of rotatable bonds is 2. The van der Waals surface area contributed by atoms with Crippen molar-refractivity contribution < 1.29 is 0 Å². The Bertz CT molecular complexity index is 503. The van der Waals surface area contributed by atoms with Gasteiger partial charge in [-0.05, 0) is 34.2 Å². The maximum atomic E-state index is 11.7. The number of hydrogen-bond donors (Lipinski definition) is 2. The van der Waals surface area contributed by atoms with Gasteiger partial charge in [-0.15, -0.1) is 0 Å². The zero-order valence-electron chi connectivity index (χ0n) is 10.3. The van der Waals surface area contributed by atoms with E-state index in [1.807, 2.05) is 0 Å². The van der Waals surface area contributed by atoms with E-state index >= 15 is 0 Å². The molecule has 0 aromatic carbocycles. The minimum absolute atomic E-state index is 0.106. The molecule has 6 heteroatoms. The highest BCUT2D eigenvalue weighted by Gasteiger charge is 2.44. The third kappa shape index (κ3) is 1.78. The van der Waals surface area contributed by atoms with E-state index in [0.29, 0.717) is 22.4 Å². The molecule has 2 fully saturated rings. The molecule has 3 atom stereocenters. The highest BCUT2D eigenvalue weighted by atomic mass is 79.9. The number of halogens is 1. The van der Waals surface area contributed by atoms with Crippen LogP contribution in [0.5, 0.6) is 0 Å². The minimum Gasteiger partial charge on any atom is -0.352 e. The van der Waals surface area contributed by atoms with E-state index in [2.05, 4.69) is 43.0 Å². The summed E-state index contributed by atoms with van der Waals surface area (Å²) in [7, 11) is 0. The van der Waals surface area contributed by atoms with Crippen LogP contribution in [0.25, 0.3) is 0 Å². The molecule has 2 saturated heterocycles. The maximum Gasteiger partial charge on any atom is 0.267 e. The van der Waals surface area contributed by atoms with Gasteiger partial charge in [0.2, 0.25) is 0 Å². The number of hydrogen-bond acceptors (Lipinski definition) is 4. The van der Waals surface area contributed by atoms with Gasteiger partial charge >= 0.3 is 0 Å². The molecular formula is C12H17BrN4O. The van der Waals surface area contributed by atoms with Crippen LogP contribution in [0, 0.1) is 11.8 Å². The number of nitrogens with one attached hydrogen (secondary N) is 2. The van der Waals surface area contributed by atoms with Gasteiger partial charge in [0, 0.05) is 25.7 Å². The zero-order chi connectivity index (χ0) is 12.7. The molecule has 3 rings (SSSR count). The van der Waals surface area contributed by atoms with Crippen LogP contribution in [0.1, 0.15) is 13.3 Å². The second-order valence-corrected chi connectivity index (χ2v) is 5.87. The Labute approximate surface area is 114 Å². The van der Waals surface area contributed by atoms with Crippen molar-refractivity contribution in [3.8, 4) is 0 Å². The average Bonchev–Trinajstić information content (AvgIpc) is 2.92. The first-order valence-electron chi connectivity index (χ1n) is 6.43. The summed E-state index contributed by atoms with van der Waals surface area (Å²) in [6, 6.07) is 0.482. The Morgan fingerprint density at radius 2 is 2.39 bits per heavy atom. The summed E-state index contributed by atoms with van der Waals surface area (Å²) >= 11 is 3.36. The molecule has 2 N–H and O–H groups in total. The number of aromatic amines is 1. The molecule has 2 aliphatic heterocycles. The van der Waals surface area contributed by atoms with Crippen molar-refractivity contribution in [1.29, 1.82) is 0 Å².